The second-order valence-corrected chi connectivity index (χ2v) is 14.3. The van der Waals surface area contributed by atoms with E-state index in [4.69, 9.17) is 10.3 Å². The van der Waals surface area contributed by atoms with Crippen LogP contribution in [0, 0.1) is 13.8 Å². The molecule has 0 saturated carbocycles. The first-order valence-corrected chi connectivity index (χ1v) is 15.0. The summed E-state index contributed by atoms with van der Waals surface area (Å²) in [5.74, 6) is 0. The van der Waals surface area contributed by atoms with Crippen LogP contribution in [-0.4, -0.2) is 35.2 Å². The summed E-state index contributed by atoms with van der Waals surface area (Å²) < 4.78 is 6.28. The Bertz CT molecular complexity index is 1280. The molecule has 0 amide bonds. The average Bonchev–Trinajstić information content (AvgIpc) is 3.26. The minimum absolute atomic E-state index is 0.717. The molecule has 162 valence electrons. The summed E-state index contributed by atoms with van der Waals surface area (Å²) in [4.78, 5) is 0. The van der Waals surface area contributed by atoms with Crippen molar-refractivity contribution in [2.45, 2.75) is 20.4 Å². The standard InChI is InChI=1S/C15H12N3.2C7H7.Sb/c1-3-7-13(8-4-1)11-18-12-15(16-17-18)14-9-5-2-6-10-14;2*1-7-5-3-2-4-6-7;/h1-10H,11H2;2*3-6H,1H3;. The quantitative estimate of drug-likeness (QED) is 0.305. The van der Waals surface area contributed by atoms with Gasteiger partial charge >= 0.3 is 203 Å². The van der Waals surface area contributed by atoms with Gasteiger partial charge in [0.1, 0.15) is 0 Å². The normalized spacial score (nSPS) is 11.1. The fourth-order valence-electron chi connectivity index (χ4n) is 3.96. The Morgan fingerprint density at radius 3 is 1.70 bits per heavy atom. The van der Waals surface area contributed by atoms with Crippen molar-refractivity contribution in [3.8, 4) is 11.3 Å². The molecular weight excluding hydrogens is 512 g/mol. The van der Waals surface area contributed by atoms with Crippen LogP contribution in [0.15, 0.2) is 109 Å². The van der Waals surface area contributed by atoms with Crippen molar-refractivity contribution in [1.82, 2.24) is 15.0 Å². The monoisotopic (exact) mass is 537 g/mol. The number of benzene rings is 4. The van der Waals surface area contributed by atoms with Gasteiger partial charge in [-0.25, -0.2) is 0 Å². The summed E-state index contributed by atoms with van der Waals surface area (Å²) in [6.45, 7) is 5.01. The molecule has 0 aliphatic heterocycles. The van der Waals surface area contributed by atoms with Crippen LogP contribution >= 0.6 is 0 Å². The van der Waals surface area contributed by atoms with Crippen LogP contribution in [0.3, 0.4) is 0 Å². The van der Waals surface area contributed by atoms with Crippen molar-refractivity contribution in [2.75, 3.05) is 0 Å². The van der Waals surface area contributed by atoms with Gasteiger partial charge in [0.15, 0.2) is 0 Å². The summed E-state index contributed by atoms with van der Waals surface area (Å²) >= 11 is -2.45. The molecule has 0 saturated heterocycles. The zero-order chi connectivity index (χ0) is 22.6. The second-order valence-electron chi connectivity index (χ2n) is 8.28. The van der Waals surface area contributed by atoms with Gasteiger partial charge in [0, 0.05) is 0 Å². The van der Waals surface area contributed by atoms with E-state index in [1.165, 1.54) is 27.4 Å². The van der Waals surface area contributed by atoms with Gasteiger partial charge < -0.3 is 0 Å². The van der Waals surface area contributed by atoms with E-state index in [1.807, 2.05) is 0 Å². The first-order valence-electron chi connectivity index (χ1n) is 11.2. The Labute approximate surface area is 202 Å². The SMILES string of the molecule is Cc1cc[c]([Sb]([c]2ccc(C)cc2)[c]2c(-c3ccccc3)nnn2Cc2ccccc2)cc1. The molecular formula is C29H26N3Sb. The zero-order valence-electron chi connectivity index (χ0n) is 18.9. The molecule has 5 aromatic rings. The molecule has 0 radical (unpaired) electrons. The van der Waals surface area contributed by atoms with E-state index < -0.39 is 20.2 Å². The Kier molecular flexibility index (Phi) is 6.41. The summed E-state index contributed by atoms with van der Waals surface area (Å²) in [6, 6.07) is 39.2. The van der Waals surface area contributed by atoms with Crippen molar-refractivity contribution in [3.05, 3.63) is 126 Å². The Morgan fingerprint density at radius 1 is 0.636 bits per heavy atom. The molecule has 0 aliphatic rings. The predicted molar refractivity (Wildman–Crippen MR) is 138 cm³/mol. The third-order valence-corrected chi connectivity index (χ3v) is 12.8. The summed E-state index contributed by atoms with van der Waals surface area (Å²) in [7, 11) is 0. The van der Waals surface area contributed by atoms with Gasteiger partial charge in [-0.1, -0.05) is 0 Å². The van der Waals surface area contributed by atoms with Crippen molar-refractivity contribution in [1.29, 1.82) is 0 Å². The van der Waals surface area contributed by atoms with Gasteiger partial charge in [0.2, 0.25) is 0 Å². The number of aryl methyl sites for hydroxylation is 2. The number of hydrogen-bond donors (Lipinski definition) is 0. The minimum atomic E-state index is -2.45. The molecule has 0 spiro atoms. The molecule has 1 heterocycles. The van der Waals surface area contributed by atoms with Crippen molar-refractivity contribution >= 4 is 30.9 Å². The van der Waals surface area contributed by atoms with Crippen LogP contribution in [0.1, 0.15) is 16.7 Å². The maximum absolute atomic E-state index is 4.75. The van der Waals surface area contributed by atoms with Crippen LogP contribution in [-0.2, 0) is 6.54 Å². The zero-order valence-corrected chi connectivity index (χ0v) is 21.4. The van der Waals surface area contributed by atoms with Crippen molar-refractivity contribution in [2.24, 2.45) is 0 Å². The molecule has 4 heteroatoms. The van der Waals surface area contributed by atoms with E-state index in [2.05, 4.69) is 128 Å². The van der Waals surface area contributed by atoms with Gasteiger partial charge in [-0.05, 0) is 0 Å². The van der Waals surface area contributed by atoms with E-state index in [9.17, 15) is 0 Å². The predicted octanol–water partition coefficient (Wildman–Crippen LogP) is 4.13. The molecule has 4 aromatic carbocycles. The Morgan fingerprint density at radius 2 is 1.15 bits per heavy atom. The van der Waals surface area contributed by atoms with Crippen molar-refractivity contribution < 1.29 is 0 Å². The average molecular weight is 538 g/mol. The topological polar surface area (TPSA) is 30.7 Å². The fraction of sp³-hybridized carbons (Fsp3) is 0.103. The molecule has 5 rings (SSSR count). The van der Waals surface area contributed by atoms with E-state index in [1.54, 1.807) is 0 Å². The maximum atomic E-state index is 4.75. The number of rotatable bonds is 6. The molecule has 0 unspecified atom stereocenters. The van der Waals surface area contributed by atoms with Gasteiger partial charge in [-0.3, -0.25) is 0 Å². The van der Waals surface area contributed by atoms with Gasteiger partial charge in [0.05, 0.1) is 0 Å². The Hall–Kier alpha value is -3.16. The molecule has 33 heavy (non-hydrogen) atoms. The summed E-state index contributed by atoms with van der Waals surface area (Å²) in [5, 5.41) is 9.46. The van der Waals surface area contributed by atoms with E-state index in [0.29, 0.717) is 6.54 Å². The first-order chi connectivity index (χ1) is 16.2. The second kappa shape index (κ2) is 9.77. The van der Waals surface area contributed by atoms with E-state index in [0.717, 1.165) is 11.3 Å². The van der Waals surface area contributed by atoms with Crippen LogP contribution in [0.5, 0.6) is 0 Å². The third-order valence-electron chi connectivity index (χ3n) is 5.73. The van der Waals surface area contributed by atoms with Gasteiger partial charge in [0.25, 0.3) is 0 Å². The number of nitrogens with zero attached hydrogens (tertiary/aromatic N) is 3. The molecule has 1 aromatic heterocycles. The fourth-order valence-corrected chi connectivity index (χ4v) is 10.8. The van der Waals surface area contributed by atoms with E-state index in [-0.39, 0.29) is 0 Å². The summed E-state index contributed by atoms with van der Waals surface area (Å²) in [5.41, 5.74) is 5.93. The van der Waals surface area contributed by atoms with Crippen LogP contribution in [0.25, 0.3) is 11.3 Å². The van der Waals surface area contributed by atoms with Crippen LogP contribution in [0.2, 0.25) is 0 Å². The molecule has 3 nitrogen and oxygen atoms in total. The number of hydrogen-bond acceptors (Lipinski definition) is 2. The number of aromatic nitrogens is 3. The van der Waals surface area contributed by atoms with Gasteiger partial charge in [-0.2, -0.15) is 0 Å². The van der Waals surface area contributed by atoms with Crippen LogP contribution in [0.4, 0.5) is 0 Å². The molecule has 0 atom stereocenters. The van der Waals surface area contributed by atoms with Gasteiger partial charge in [-0.15, -0.1) is 0 Å². The third kappa shape index (κ3) is 4.79. The van der Waals surface area contributed by atoms with Crippen LogP contribution < -0.4 is 10.7 Å². The van der Waals surface area contributed by atoms with Crippen molar-refractivity contribution in [3.63, 3.8) is 0 Å². The molecule has 0 bridgehead atoms. The summed E-state index contributed by atoms with van der Waals surface area (Å²) in [6.07, 6.45) is 0. The molecule has 0 N–H and O–H groups in total. The Balaban J connectivity index is 1.73. The molecule has 0 aliphatic carbocycles. The van der Waals surface area contributed by atoms with E-state index >= 15 is 0 Å². The first kappa shape index (κ1) is 21.7. The molecule has 0 fully saturated rings.